The molecule has 0 spiro atoms. The number of benzene rings is 3. The van der Waals surface area contributed by atoms with E-state index < -0.39 is 58.9 Å². The molecule has 1 aliphatic rings. The second-order valence-electron chi connectivity index (χ2n) is 11.9. The van der Waals surface area contributed by atoms with E-state index in [0.29, 0.717) is 17.0 Å². The Morgan fingerprint density at radius 3 is 2.11 bits per heavy atom. The Labute approximate surface area is 265 Å². The van der Waals surface area contributed by atoms with Crippen LogP contribution in [0.4, 0.5) is 14.5 Å². The Hall–Kier alpha value is -4.00. The summed E-state index contributed by atoms with van der Waals surface area (Å²) in [5.74, 6) is -1.75. The van der Waals surface area contributed by atoms with Gasteiger partial charge in [-0.05, 0) is 65.1 Å². The van der Waals surface area contributed by atoms with Crippen LogP contribution in [0.2, 0.25) is 0 Å². The molecule has 1 unspecified atom stereocenters. The van der Waals surface area contributed by atoms with E-state index in [0.717, 1.165) is 5.56 Å². The molecule has 240 valence electrons. The van der Waals surface area contributed by atoms with E-state index in [4.69, 9.17) is 10.5 Å². The summed E-state index contributed by atoms with van der Waals surface area (Å²) in [5.41, 5.74) is 6.62. The third kappa shape index (κ3) is 8.19. The van der Waals surface area contributed by atoms with Crippen molar-refractivity contribution in [3.8, 4) is 5.75 Å². The molecule has 1 fully saturated rings. The topological polar surface area (TPSA) is 133 Å². The van der Waals surface area contributed by atoms with Gasteiger partial charge in [-0.2, -0.15) is 0 Å². The number of nitrogens with two attached hydrogens (primary N) is 1. The first kappa shape index (κ1) is 33.9. The molecular weight excluding hydrogens is 604 g/mol. The lowest BCUT2D eigenvalue weighted by molar-refractivity contribution is -0.143. The van der Waals surface area contributed by atoms with Crippen molar-refractivity contribution in [2.75, 3.05) is 30.4 Å². The number of hydrogen-bond acceptors (Lipinski definition) is 7. The summed E-state index contributed by atoms with van der Waals surface area (Å²) in [5, 5.41) is 20.0. The van der Waals surface area contributed by atoms with E-state index >= 15 is 0 Å². The average molecular weight is 642 g/mol. The normalized spacial score (nSPS) is 17.8. The highest BCUT2D eigenvalue weighted by Gasteiger charge is 2.49. The van der Waals surface area contributed by atoms with E-state index in [-0.39, 0.29) is 24.8 Å². The standard InChI is InChI=1S/C33H37F2N3O6S/c1-33(2,3)27(17-39)37(16-28(36)41)29(42)18-44-25-14-6-21(7-15-25)30-31(32(43)38(30)24-12-10-23(35)11-13-24)45-19-26(40)20-4-8-22(34)9-5-20/h4-15,26-27,30-31,39-40H,16-19H2,1-3H3,(H2,36,41)/t26?,27-,30+,31+/m0/s1. The fraction of sp³-hybridized carbons (Fsp3) is 0.364. The number of β-lactam (4-membered cyclic amide) rings is 1. The van der Waals surface area contributed by atoms with E-state index in [9.17, 15) is 33.4 Å². The second kappa shape index (κ2) is 14.4. The Bertz CT molecular complexity index is 1480. The molecule has 4 N–H and O–H groups in total. The SMILES string of the molecule is CC(C)(C)[C@H](CO)N(CC(N)=O)C(=O)COc1ccc([C@@H]2[C@@H](SCC(O)c3ccc(F)cc3)C(=O)N2c2ccc(F)cc2)cc1. The van der Waals surface area contributed by atoms with E-state index in [1.807, 2.05) is 20.8 Å². The number of aliphatic hydroxyl groups is 2. The van der Waals surface area contributed by atoms with Gasteiger partial charge in [0.2, 0.25) is 11.8 Å². The number of thioether (sulfide) groups is 1. The van der Waals surface area contributed by atoms with Gasteiger partial charge in [-0.25, -0.2) is 8.78 Å². The van der Waals surface area contributed by atoms with Gasteiger partial charge in [0, 0.05) is 11.4 Å². The third-order valence-electron chi connectivity index (χ3n) is 7.62. The fourth-order valence-corrected chi connectivity index (χ4v) is 6.48. The molecule has 45 heavy (non-hydrogen) atoms. The minimum atomic E-state index is -0.921. The Morgan fingerprint density at radius 2 is 1.58 bits per heavy atom. The highest BCUT2D eigenvalue weighted by Crippen LogP contribution is 2.46. The third-order valence-corrected chi connectivity index (χ3v) is 8.95. The molecule has 0 radical (unpaired) electrons. The minimum Gasteiger partial charge on any atom is -0.484 e. The van der Waals surface area contributed by atoms with E-state index in [2.05, 4.69) is 0 Å². The number of primary amides is 1. The van der Waals surface area contributed by atoms with Crippen LogP contribution in [-0.4, -0.2) is 69.6 Å². The summed E-state index contributed by atoms with van der Waals surface area (Å²) in [6, 6.07) is 16.8. The summed E-state index contributed by atoms with van der Waals surface area (Å²) >= 11 is 1.27. The van der Waals surface area contributed by atoms with Gasteiger partial charge in [-0.3, -0.25) is 14.4 Å². The van der Waals surface area contributed by atoms with Crippen molar-refractivity contribution in [2.24, 2.45) is 11.1 Å². The first-order chi connectivity index (χ1) is 21.3. The van der Waals surface area contributed by atoms with Crippen LogP contribution in [0.25, 0.3) is 0 Å². The largest absolute Gasteiger partial charge is 0.484 e. The number of anilines is 1. The maximum Gasteiger partial charge on any atom is 0.261 e. The molecule has 3 aromatic carbocycles. The van der Waals surface area contributed by atoms with Crippen LogP contribution in [-0.2, 0) is 14.4 Å². The number of hydrogen-bond donors (Lipinski definition) is 3. The fourth-order valence-electron chi connectivity index (χ4n) is 5.18. The van der Waals surface area contributed by atoms with Gasteiger partial charge in [0.15, 0.2) is 6.61 Å². The quantitative estimate of drug-likeness (QED) is 0.241. The van der Waals surface area contributed by atoms with Crippen LogP contribution < -0.4 is 15.4 Å². The molecule has 4 rings (SSSR count). The van der Waals surface area contributed by atoms with Crippen molar-refractivity contribution in [1.82, 2.24) is 4.90 Å². The first-order valence-corrected chi connectivity index (χ1v) is 15.4. The number of amides is 3. The van der Waals surface area contributed by atoms with Gasteiger partial charge in [-0.1, -0.05) is 45.0 Å². The second-order valence-corrected chi connectivity index (χ2v) is 13.0. The lowest BCUT2D eigenvalue weighted by Gasteiger charge is -2.47. The molecule has 4 atom stereocenters. The number of carbonyl (C=O) groups is 3. The summed E-state index contributed by atoms with van der Waals surface area (Å²) in [4.78, 5) is 40.8. The van der Waals surface area contributed by atoms with Crippen molar-refractivity contribution in [3.63, 3.8) is 0 Å². The van der Waals surface area contributed by atoms with Crippen molar-refractivity contribution in [2.45, 2.75) is 44.2 Å². The van der Waals surface area contributed by atoms with E-state index in [1.54, 1.807) is 29.2 Å². The molecule has 9 nitrogen and oxygen atoms in total. The molecule has 1 saturated heterocycles. The lowest BCUT2D eigenvalue weighted by Crippen LogP contribution is -2.57. The van der Waals surface area contributed by atoms with Crippen LogP contribution in [0.15, 0.2) is 72.8 Å². The van der Waals surface area contributed by atoms with Gasteiger partial charge in [0.1, 0.15) is 22.6 Å². The lowest BCUT2D eigenvalue weighted by atomic mass is 9.86. The summed E-state index contributed by atoms with van der Waals surface area (Å²) < 4.78 is 32.7. The molecule has 1 aliphatic heterocycles. The zero-order chi connectivity index (χ0) is 32.9. The molecule has 0 aromatic heterocycles. The molecule has 0 bridgehead atoms. The van der Waals surface area contributed by atoms with Crippen LogP contribution >= 0.6 is 11.8 Å². The number of carbonyl (C=O) groups excluding carboxylic acids is 3. The zero-order valence-corrected chi connectivity index (χ0v) is 26.0. The predicted molar refractivity (Wildman–Crippen MR) is 167 cm³/mol. The Kier molecular flexibility index (Phi) is 10.8. The first-order valence-electron chi connectivity index (χ1n) is 14.3. The molecule has 12 heteroatoms. The van der Waals surface area contributed by atoms with Crippen molar-refractivity contribution in [3.05, 3.63) is 95.6 Å². The average Bonchev–Trinajstić information content (AvgIpc) is 2.99. The number of nitrogens with zero attached hydrogens (tertiary/aromatic N) is 2. The smallest absolute Gasteiger partial charge is 0.261 e. The van der Waals surface area contributed by atoms with Crippen molar-refractivity contribution >= 4 is 35.2 Å². The highest BCUT2D eigenvalue weighted by atomic mass is 32.2. The van der Waals surface area contributed by atoms with Crippen molar-refractivity contribution < 1.29 is 38.1 Å². The molecular formula is C33H37F2N3O6S. The number of rotatable bonds is 13. The van der Waals surface area contributed by atoms with Gasteiger partial charge in [0.05, 0.1) is 31.3 Å². The molecule has 0 aliphatic carbocycles. The monoisotopic (exact) mass is 641 g/mol. The Balaban J connectivity index is 1.49. The zero-order valence-electron chi connectivity index (χ0n) is 25.2. The molecule has 0 saturated carbocycles. The molecule has 3 aromatic rings. The minimum absolute atomic E-state index is 0.185. The maximum atomic E-state index is 13.6. The van der Waals surface area contributed by atoms with Crippen LogP contribution in [0.1, 0.15) is 44.0 Å². The number of halogens is 2. The molecule has 3 amide bonds. The van der Waals surface area contributed by atoms with Gasteiger partial charge < -0.3 is 30.5 Å². The van der Waals surface area contributed by atoms with E-state index in [1.165, 1.54) is 65.2 Å². The van der Waals surface area contributed by atoms with Crippen LogP contribution in [0.3, 0.4) is 0 Å². The summed E-state index contributed by atoms with van der Waals surface area (Å²) in [6.45, 7) is 4.39. The molecule has 1 heterocycles. The Morgan fingerprint density at radius 1 is 1.00 bits per heavy atom. The van der Waals surface area contributed by atoms with Crippen molar-refractivity contribution in [1.29, 1.82) is 0 Å². The number of ether oxygens (including phenoxy) is 1. The van der Waals surface area contributed by atoms with Gasteiger partial charge in [0.25, 0.3) is 5.91 Å². The maximum absolute atomic E-state index is 13.6. The highest BCUT2D eigenvalue weighted by molar-refractivity contribution is 8.00. The summed E-state index contributed by atoms with van der Waals surface area (Å²) in [6.07, 6.45) is -0.921. The number of aliphatic hydroxyl groups excluding tert-OH is 2. The predicted octanol–water partition coefficient (Wildman–Crippen LogP) is 3.99. The van der Waals surface area contributed by atoms with Crippen LogP contribution in [0.5, 0.6) is 5.75 Å². The van der Waals surface area contributed by atoms with Crippen LogP contribution in [0, 0.1) is 17.0 Å². The summed E-state index contributed by atoms with van der Waals surface area (Å²) in [7, 11) is 0. The van der Waals surface area contributed by atoms with Gasteiger partial charge >= 0.3 is 0 Å². The van der Waals surface area contributed by atoms with Gasteiger partial charge in [-0.15, -0.1) is 11.8 Å².